The van der Waals surface area contributed by atoms with Gasteiger partial charge < -0.3 is 19.9 Å². The lowest BCUT2D eigenvalue weighted by Gasteiger charge is -2.13. The zero-order valence-corrected chi connectivity index (χ0v) is 9.94. The molecule has 0 aliphatic carbocycles. The summed E-state index contributed by atoms with van der Waals surface area (Å²) in [4.78, 5) is 0. The Hall–Kier alpha value is -1.68. The van der Waals surface area contributed by atoms with Crippen molar-refractivity contribution in [2.45, 2.75) is 19.4 Å². The van der Waals surface area contributed by atoms with Crippen LogP contribution in [0.5, 0.6) is 17.2 Å². The summed E-state index contributed by atoms with van der Waals surface area (Å²) < 4.78 is 16.3. The van der Waals surface area contributed by atoms with Crippen molar-refractivity contribution in [1.29, 1.82) is 0 Å². The lowest BCUT2D eigenvalue weighted by Crippen LogP contribution is -2.18. The molecule has 0 bridgehead atoms. The van der Waals surface area contributed by atoms with E-state index in [1.54, 1.807) is 6.08 Å². The molecule has 2 N–H and O–H groups in total. The van der Waals surface area contributed by atoms with Crippen molar-refractivity contribution in [3.8, 4) is 17.2 Å². The minimum atomic E-state index is 0.0708. The smallest absolute Gasteiger partial charge is 0.231 e. The number of ether oxygens (including phenoxy) is 3. The molecular formula is C13H17NO3. The average Bonchev–Trinajstić information content (AvgIpc) is 2.72. The van der Waals surface area contributed by atoms with E-state index in [-0.39, 0.29) is 12.8 Å². The molecule has 1 heterocycles. The van der Waals surface area contributed by atoms with E-state index in [1.807, 2.05) is 19.1 Å². The third-order valence-corrected chi connectivity index (χ3v) is 2.45. The molecule has 0 saturated heterocycles. The molecule has 0 saturated carbocycles. The van der Waals surface area contributed by atoms with Gasteiger partial charge in [-0.2, -0.15) is 0 Å². The molecule has 1 aromatic rings. The van der Waals surface area contributed by atoms with Gasteiger partial charge in [0.2, 0.25) is 6.79 Å². The first kappa shape index (κ1) is 11.8. The van der Waals surface area contributed by atoms with Gasteiger partial charge >= 0.3 is 0 Å². The average molecular weight is 235 g/mol. The van der Waals surface area contributed by atoms with Crippen LogP contribution in [0.3, 0.4) is 0 Å². The van der Waals surface area contributed by atoms with Crippen LogP contribution in [-0.4, -0.2) is 19.4 Å². The highest BCUT2D eigenvalue weighted by Gasteiger charge is 2.18. The Morgan fingerprint density at radius 2 is 2.18 bits per heavy atom. The van der Waals surface area contributed by atoms with Crippen LogP contribution < -0.4 is 19.9 Å². The number of rotatable bonds is 5. The van der Waals surface area contributed by atoms with Gasteiger partial charge in [0.15, 0.2) is 11.5 Å². The standard InChI is InChI=1S/C13H17NO3/c1-3-4-15-11-7-13-12(16-8-17-13)6-10(11)5-9(2)14/h3,6-7,9H,1,4-5,8,14H2,2H3. The SMILES string of the molecule is C=CCOc1cc2c(cc1CC(C)N)OCO2. The second-order valence-corrected chi connectivity index (χ2v) is 4.09. The summed E-state index contributed by atoms with van der Waals surface area (Å²) in [5.74, 6) is 2.26. The molecule has 1 atom stereocenters. The van der Waals surface area contributed by atoms with Crippen molar-refractivity contribution < 1.29 is 14.2 Å². The number of fused-ring (bicyclic) bond motifs is 1. The summed E-state index contributed by atoms with van der Waals surface area (Å²) >= 11 is 0. The third-order valence-electron chi connectivity index (χ3n) is 2.45. The van der Waals surface area contributed by atoms with Gasteiger partial charge in [0, 0.05) is 12.1 Å². The zero-order chi connectivity index (χ0) is 12.3. The van der Waals surface area contributed by atoms with E-state index in [0.29, 0.717) is 6.61 Å². The van der Waals surface area contributed by atoms with Gasteiger partial charge in [-0.25, -0.2) is 0 Å². The molecule has 2 rings (SSSR count). The van der Waals surface area contributed by atoms with Gasteiger partial charge in [0.1, 0.15) is 12.4 Å². The fraction of sp³-hybridized carbons (Fsp3) is 0.385. The van der Waals surface area contributed by atoms with Gasteiger partial charge in [-0.05, 0) is 25.0 Å². The minimum Gasteiger partial charge on any atom is -0.489 e. The highest BCUT2D eigenvalue weighted by molar-refractivity contribution is 5.52. The summed E-state index contributed by atoms with van der Waals surface area (Å²) in [6.07, 6.45) is 2.45. The Labute approximate surface area is 101 Å². The van der Waals surface area contributed by atoms with E-state index < -0.39 is 0 Å². The number of benzene rings is 1. The van der Waals surface area contributed by atoms with Crippen LogP contribution in [-0.2, 0) is 6.42 Å². The van der Waals surface area contributed by atoms with Crippen molar-refractivity contribution in [2.75, 3.05) is 13.4 Å². The van der Waals surface area contributed by atoms with Crippen LogP contribution in [0.2, 0.25) is 0 Å². The topological polar surface area (TPSA) is 53.7 Å². The summed E-state index contributed by atoms with van der Waals surface area (Å²) in [5, 5.41) is 0. The van der Waals surface area contributed by atoms with E-state index in [9.17, 15) is 0 Å². The maximum Gasteiger partial charge on any atom is 0.231 e. The van der Waals surface area contributed by atoms with Crippen molar-refractivity contribution in [1.82, 2.24) is 0 Å². The first-order valence-electron chi connectivity index (χ1n) is 5.62. The predicted octanol–water partition coefficient (Wildman–Crippen LogP) is 1.87. The van der Waals surface area contributed by atoms with E-state index >= 15 is 0 Å². The summed E-state index contributed by atoms with van der Waals surface area (Å²) in [6, 6.07) is 3.86. The molecule has 0 aromatic heterocycles. The summed E-state index contributed by atoms with van der Waals surface area (Å²) in [6.45, 7) is 6.32. The molecule has 1 unspecified atom stereocenters. The van der Waals surface area contributed by atoms with E-state index in [2.05, 4.69) is 6.58 Å². The number of hydrogen-bond acceptors (Lipinski definition) is 4. The molecular weight excluding hydrogens is 218 g/mol. The van der Waals surface area contributed by atoms with E-state index in [4.69, 9.17) is 19.9 Å². The van der Waals surface area contributed by atoms with E-state index in [1.165, 1.54) is 0 Å². The Morgan fingerprint density at radius 3 is 2.82 bits per heavy atom. The van der Waals surface area contributed by atoms with E-state index in [0.717, 1.165) is 29.2 Å². The van der Waals surface area contributed by atoms with Crippen LogP contribution in [0.15, 0.2) is 24.8 Å². The van der Waals surface area contributed by atoms with Crippen LogP contribution in [0, 0.1) is 0 Å². The third kappa shape index (κ3) is 2.71. The van der Waals surface area contributed by atoms with Gasteiger partial charge in [-0.15, -0.1) is 0 Å². The summed E-state index contributed by atoms with van der Waals surface area (Å²) in [7, 11) is 0. The molecule has 4 nitrogen and oxygen atoms in total. The van der Waals surface area contributed by atoms with Gasteiger partial charge in [-0.3, -0.25) is 0 Å². The molecule has 17 heavy (non-hydrogen) atoms. The second-order valence-electron chi connectivity index (χ2n) is 4.09. The molecule has 1 aliphatic rings. The maximum atomic E-state index is 5.82. The van der Waals surface area contributed by atoms with Gasteiger partial charge in [0.25, 0.3) is 0 Å². The minimum absolute atomic E-state index is 0.0708. The zero-order valence-electron chi connectivity index (χ0n) is 9.94. The molecule has 0 amide bonds. The molecule has 0 spiro atoms. The second kappa shape index (κ2) is 5.10. The first-order chi connectivity index (χ1) is 8.20. The van der Waals surface area contributed by atoms with Crippen LogP contribution in [0.4, 0.5) is 0 Å². The Morgan fingerprint density at radius 1 is 1.47 bits per heavy atom. The number of hydrogen-bond donors (Lipinski definition) is 1. The van der Waals surface area contributed by atoms with Gasteiger partial charge in [-0.1, -0.05) is 12.7 Å². The van der Waals surface area contributed by atoms with Crippen molar-refractivity contribution >= 4 is 0 Å². The molecule has 92 valence electrons. The molecule has 4 heteroatoms. The van der Waals surface area contributed by atoms with Crippen molar-refractivity contribution in [2.24, 2.45) is 5.73 Å². The fourth-order valence-electron chi connectivity index (χ4n) is 1.75. The van der Waals surface area contributed by atoms with Crippen molar-refractivity contribution in [3.05, 3.63) is 30.4 Å². The van der Waals surface area contributed by atoms with Crippen LogP contribution >= 0.6 is 0 Å². The normalized spacial score (nSPS) is 14.5. The Balaban J connectivity index is 2.29. The number of nitrogens with two attached hydrogens (primary N) is 1. The lowest BCUT2D eigenvalue weighted by atomic mass is 10.1. The van der Waals surface area contributed by atoms with Crippen LogP contribution in [0.25, 0.3) is 0 Å². The quantitative estimate of drug-likeness (QED) is 0.792. The van der Waals surface area contributed by atoms with Crippen LogP contribution in [0.1, 0.15) is 12.5 Å². The lowest BCUT2D eigenvalue weighted by molar-refractivity contribution is 0.174. The predicted molar refractivity (Wildman–Crippen MR) is 65.6 cm³/mol. The largest absolute Gasteiger partial charge is 0.489 e. The molecule has 1 aliphatic heterocycles. The molecule has 0 fully saturated rings. The highest BCUT2D eigenvalue weighted by atomic mass is 16.7. The van der Waals surface area contributed by atoms with Gasteiger partial charge in [0.05, 0.1) is 0 Å². The highest BCUT2D eigenvalue weighted by Crippen LogP contribution is 2.38. The van der Waals surface area contributed by atoms with Crippen molar-refractivity contribution in [3.63, 3.8) is 0 Å². The first-order valence-corrected chi connectivity index (χ1v) is 5.62. The Kier molecular flexibility index (Phi) is 3.54. The maximum absolute atomic E-state index is 5.82. The fourth-order valence-corrected chi connectivity index (χ4v) is 1.75. The molecule has 0 radical (unpaired) electrons. The molecule has 1 aromatic carbocycles. The summed E-state index contributed by atoms with van der Waals surface area (Å²) in [5.41, 5.74) is 6.85. The monoisotopic (exact) mass is 235 g/mol. The Bertz CT molecular complexity index is 415.